The number of urea groups is 1. The van der Waals surface area contributed by atoms with Crippen LogP contribution in [0, 0.1) is 0 Å². The number of nitrogens with one attached hydrogen (secondary N) is 2. The van der Waals surface area contributed by atoms with E-state index >= 15 is 0 Å². The van der Waals surface area contributed by atoms with Crippen molar-refractivity contribution in [1.82, 2.24) is 15.5 Å². The van der Waals surface area contributed by atoms with Crippen molar-refractivity contribution in [3.05, 3.63) is 12.2 Å². The molecular formula is C11H19N3O2. The molecule has 1 saturated heterocycles. The van der Waals surface area contributed by atoms with Gasteiger partial charge in [-0.3, -0.25) is 9.69 Å². The summed E-state index contributed by atoms with van der Waals surface area (Å²) in [6.07, 6.45) is 0.590. The number of hydrogen-bond acceptors (Lipinski definition) is 3. The van der Waals surface area contributed by atoms with Crippen molar-refractivity contribution in [3.8, 4) is 0 Å². The fourth-order valence-electron chi connectivity index (χ4n) is 1.66. The monoisotopic (exact) mass is 225 g/mol. The molecule has 1 rings (SSSR count). The summed E-state index contributed by atoms with van der Waals surface area (Å²) in [7, 11) is 1.80. The predicted octanol–water partition coefficient (Wildman–Crippen LogP) is 0.482. The molecule has 1 fully saturated rings. The molecule has 0 aromatic carbocycles. The van der Waals surface area contributed by atoms with E-state index in [1.165, 1.54) is 4.90 Å². The number of imide groups is 1. The van der Waals surface area contributed by atoms with Gasteiger partial charge in [-0.25, -0.2) is 4.79 Å². The summed E-state index contributed by atoms with van der Waals surface area (Å²) in [5, 5.41) is 5.64. The van der Waals surface area contributed by atoms with Gasteiger partial charge in [-0.05, 0) is 26.0 Å². The van der Waals surface area contributed by atoms with Gasteiger partial charge in [0.15, 0.2) is 0 Å². The van der Waals surface area contributed by atoms with Crippen LogP contribution in [0.25, 0.3) is 0 Å². The lowest BCUT2D eigenvalue weighted by Gasteiger charge is -2.19. The van der Waals surface area contributed by atoms with Crippen LogP contribution < -0.4 is 10.6 Å². The Morgan fingerprint density at radius 3 is 2.62 bits per heavy atom. The number of rotatable bonds is 5. The third-order valence-electron chi connectivity index (χ3n) is 2.86. The van der Waals surface area contributed by atoms with Crippen LogP contribution in [-0.2, 0) is 4.79 Å². The molecule has 3 amide bonds. The Hall–Kier alpha value is -1.36. The van der Waals surface area contributed by atoms with E-state index in [9.17, 15) is 9.59 Å². The van der Waals surface area contributed by atoms with Crippen molar-refractivity contribution in [2.75, 3.05) is 20.1 Å². The molecule has 90 valence electrons. The lowest BCUT2D eigenvalue weighted by molar-refractivity contribution is -0.130. The standard InChI is InChI=1S/C11H19N3O2/c1-5-11(3)9(15)14(10(16)13-11)7-8(2)6-12-4/h12H,2,5-7H2,1,3-4H3,(H,13,16). The number of nitrogens with zero attached hydrogens (tertiary/aromatic N) is 1. The Balaban J connectivity index is 2.72. The first-order valence-corrected chi connectivity index (χ1v) is 5.40. The first-order chi connectivity index (χ1) is 7.44. The molecule has 0 saturated carbocycles. The van der Waals surface area contributed by atoms with E-state index in [4.69, 9.17) is 0 Å². The highest BCUT2D eigenvalue weighted by Gasteiger charge is 2.46. The molecule has 16 heavy (non-hydrogen) atoms. The third kappa shape index (κ3) is 2.24. The van der Waals surface area contributed by atoms with Gasteiger partial charge in [0.05, 0.1) is 6.54 Å². The van der Waals surface area contributed by atoms with Crippen molar-refractivity contribution >= 4 is 11.9 Å². The highest BCUT2D eigenvalue weighted by molar-refractivity contribution is 6.06. The molecule has 0 radical (unpaired) electrons. The molecule has 1 atom stereocenters. The van der Waals surface area contributed by atoms with E-state index in [1.54, 1.807) is 14.0 Å². The molecule has 1 unspecified atom stereocenters. The molecule has 0 aromatic rings. The highest BCUT2D eigenvalue weighted by Crippen LogP contribution is 2.21. The van der Waals surface area contributed by atoms with Crippen molar-refractivity contribution in [1.29, 1.82) is 0 Å². The molecule has 1 heterocycles. The Morgan fingerprint density at radius 2 is 2.19 bits per heavy atom. The minimum absolute atomic E-state index is 0.169. The molecule has 0 aromatic heterocycles. The zero-order chi connectivity index (χ0) is 12.3. The molecule has 1 aliphatic rings. The van der Waals surface area contributed by atoms with E-state index < -0.39 is 5.54 Å². The lowest BCUT2D eigenvalue weighted by atomic mass is 9.99. The second-order valence-corrected chi connectivity index (χ2v) is 4.29. The fourth-order valence-corrected chi connectivity index (χ4v) is 1.66. The number of hydrogen-bond donors (Lipinski definition) is 2. The summed E-state index contributed by atoms with van der Waals surface area (Å²) in [5.41, 5.74) is 0.0585. The van der Waals surface area contributed by atoms with Crippen LogP contribution in [0.2, 0.25) is 0 Å². The summed E-state index contributed by atoms with van der Waals surface area (Å²) in [6.45, 7) is 8.31. The van der Waals surface area contributed by atoms with Crippen molar-refractivity contribution in [2.24, 2.45) is 0 Å². The van der Waals surface area contributed by atoms with Gasteiger partial charge >= 0.3 is 6.03 Å². The average Bonchev–Trinajstić information content (AvgIpc) is 2.43. The zero-order valence-electron chi connectivity index (χ0n) is 10.1. The van der Waals surface area contributed by atoms with Crippen LogP contribution in [0.1, 0.15) is 20.3 Å². The van der Waals surface area contributed by atoms with Gasteiger partial charge in [0.2, 0.25) is 0 Å². The van der Waals surface area contributed by atoms with Gasteiger partial charge < -0.3 is 10.6 Å². The third-order valence-corrected chi connectivity index (χ3v) is 2.86. The molecule has 5 nitrogen and oxygen atoms in total. The highest BCUT2D eigenvalue weighted by atomic mass is 16.2. The zero-order valence-corrected chi connectivity index (χ0v) is 10.1. The predicted molar refractivity (Wildman–Crippen MR) is 62.0 cm³/mol. The molecular weight excluding hydrogens is 206 g/mol. The molecule has 0 aliphatic carbocycles. The van der Waals surface area contributed by atoms with Crippen LogP contribution in [0.5, 0.6) is 0 Å². The maximum atomic E-state index is 12.0. The fraction of sp³-hybridized carbons (Fsp3) is 0.636. The Morgan fingerprint density at radius 1 is 1.56 bits per heavy atom. The van der Waals surface area contributed by atoms with Crippen LogP contribution >= 0.6 is 0 Å². The van der Waals surface area contributed by atoms with Gasteiger partial charge in [-0.2, -0.15) is 0 Å². The first-order valence-electron chi connectivity index (χ1n) is 5.40. The van der Waals surface area contributed by atoms with E-state index in [-0.39, 0.29) is 18.5 Å². The first kappa shape index (κ1) is 12.7. The van der Waals surface area contributed by atoms with Gasteiger partial charge in [0.25, 0.3) is 5.91 Å². The van der Waals surface area contributed by atoms with E-state index in [2.05, 4.69) is 17.2 Å². The SMILES string of the molecule is C=C(CNC)CN1C(=O)NC(C)(CC)C1=O. The van der Waals surface area contributed by atoms with Crippen LogP contribution in [0.4, 0.5) is 4.79 Å². The number of carbonyl (C=O) groups is 2. The largest absolute Gasteiger partial charge is 0.325 e. The maximum absolute atomic E-state index is 12.0. The molecule has 0 spiro atoms. The minimum Gasteiger partial charge on any atom is -0.323 e. The summed E-state index contributed by atoms with van der Waals surface area (Å²) in [6, 6.07) is -0.327. The second-order valence-electron chi connectivity index (χ2n) is 4.29. The maximum Gasteiger partial charge on any atom is 0.325 e. The van der Waals surface area contributed by atoms with E-state index in [0.29, 0.717) is 13.0 Å². The van der Waals surface area contributed by atoms with Gasteiger partial charge in [-0.15, -0.1) is 0 Å². The molecule has 5 heteroatoms. The Labute approximate surface area is 95.9 Å². The van der Waals surface area contributed by atoms with Crippen molar-refractivity contribution < 1.29 is 9.59 Å². The van der Waals surface area contributed by atoms with Crippen LogP contribution in [0.3, 0.4) is 0 Å². The van der Waals surface area contributed by atoms with E-state index in [0.717, 1.165) is 5.57 Å². The Bertz CT molecular complexity index is 327. The van der Waals surface area contributed by atoms with E-state index in [1.807, 2.05) is 6.92 Å². The van der Waals surface area contributed by atoms with Gasteiger partial charge in [0.1, 0.15) is 5.54 Å². The van der Waals surface area contributed by atoms with Crippen LogP contribution in [-0.4, -0.2) is 42.5 Å². The minimum atomic E-state index is -0.753. The second kappa shape index (κ2) is 4.65. The van der Waals surface area contributed by atoms with Crippen molar-refractivity contribution in [2.45, 2.75) is 25.8 Å². The smallest absolute Gasteiger partial charge is 0.323 e. The summed E-state index contributed by atoms with van der Waals surface area (Å²) in [4.78, 5) is 24.8. The number of carbonyl (C=O) groups excluding carboxylic acids is 2. The molecule has 2 N–H and O–H groups in total. The lowest BCUT2D eigenvalue weighted by Crippen LogP contribution is -2.43. The Kier molecular flexibility index (Phi) is 3.70. The summed E-state index contributed by atoms with van der Waals surface area (Å²) < 4.78 is 0. The quantitative estimate of drug-likeness (QED) is 0.528. The average molecular weight is 225 g/mol. The summed E-state index contributed by atoms with van der Waals surface area (Å²) >= 11 is 0. The van der Waals surface area contributed by atoms with Gasteiger partial charge in [0, 0.05) is 6.54 Å². The number of amides is 3. The van der Waals surface area contributed by atoms with Gasteiger partial charge in [-0.1, -0.05) is 13.5 Å². The number of likely N-dealkylation sites (N-methyl/N-ethyl adjacent to an activating group) is 1. The summed E-state index contributed by atoms with van der Waals surface area (Å²) in [5.74, 6) is -0.169. The topological polar surface area (TPSA) is 61.4 Å². The van der Waals surface area contributed by atoms with Crippen molar-refractivity contribution in [3.63, 3.8) is 0 Å². The molecule has 1 aliphatic heterocycles. The normalized spacial score (nSPS) is 24.8. The molecule has 0 bridgehead atoms. The van der Waals surface area contributed by atoms with Crippen LogP contribution in [0.15, 0.2) is 12.2 Å².